The van der Waals surface area contributed by atoms with Gasteiger partial charge in [-0.15, -0.1) is 17.0 Å². The van der Waals surface area contributed by atoms with Gasteiger partial charge in [0.15, 0.2) is 0 Å². The van der Waals surface area contributed by atoms with Crippen molar-refractivity contribution in [3.8, 4) is 0 Å². The molecule has 7 heavy (non-hydrogen) atoms. The quantitative estimate of drug-likeness (QED) is 0.733. The summed E-state index contributed by atoms with van der Waals surface area (Å²) in [5.74, 6) is 0. The van der Waals surface area contributed by atoms with Crippen molar-refractivity contribution >= 4 is 32.9 Å². The predicted octanol–water partition coefficient (Wildman–Crippen LogP) is 2.92. The molecule has 0 fully saturated rings. The Labute approximate surface area is 64.4 Å². The second kappa shape index (κ2) is 15.8. The van der Waals surface area contributed by atoms with Crippen LogP contribution >= 0.6 is 32.9 Å². The SMILES string of the molecule is Br.CCCCBr.N. The number of alkyl halides is 1. The van der Waals surface area contributed by atoms with Crippen molar-refractivity contribution in [2.75, 3.05) is 5.33 Å². The summed E-state index contributed by atoms with van der Waals surface area (Å²) >= 11 is 3.31. The first kappa shape index (κ1) is 15.7. The molecule has 0 atom stereocenters. The summed E-state index contributed by atoms with van der Waals surface area (Å²) in [6.07, 6.45) is 2.60. The van der Waals surface area contributed by atoms with E-state index in [4.69, 9.17) is 0 Å². The Morgan fingerprint density at radius 2 is 1.86 bits per heavy atom. The molecule has 3 N–H and O–H groups in total. The Morgan fingerprint density at radius 3 is 1.86 bits per heavy atom. The molecule has 0 saturated carbocycles. The molecule has 0 aliphatic heterocycles. The molecule has 0 aromatic heterocycles. The lowest BCUT2D eigenvalue weighted by Crippen LogP contribution is -1.64. The third-order valence-corrected chi connectivity index (χ3v) is 1.05. The van der Waals surface area contributed by atoms with E-state index in [9.17, 15) is 0 Å². The molecule has 0 aromatic rings. The van der Waals surface area contributed by atoms with E-state index >= 15 is 0 Å². The van der Waals surface area contributed by atoms with Crippen molar-refractivity contribution in [3.63, 3.8) is 0 Å². The molecule has 0 aliphatic carbocycles. The second-order valence-corrected chi connectivity index (χ2v) is 1.84. The van der Waals surface area contributed by atoms with Crippen molar-refractivity contribution in [1.29, 1.82) is 0 Å². The fraction of sp³-hybridized carbons (Fsp3) is 1.00. The fourth-order valence-corrected chi connectivity index (χ4v) is 0.694. The smallest absolute Gasteiger partial charge is 0.00312 e. The lowest BCUT2D eigenvalue weighted by molar-refractivity contribution is 0.902. The second-order valence-electron chi connectivity index (χ2n) is 1.04. The molecule has 3 heteroatoms. The Morgan fingerprint density at radius 1 is 1.43 bits per heavy atom. The zero-order valence-electron chi connectivity index (χ0n) is 4.61. The van der Waals surface area contributed by atoms with Gasteiger partial charge in [-0.2, -0.15) is 0 Å². The molecule has 0 radical (unpaired) electrons. The minimum atomic E-state index is 0. The highest BCUT2D eigenvalue weighted by atomic mass is 79.9. The minimum absolute atomic E-state index is 0. The molecule has 0 unspecified atom stereocenters. The summed E-state index contributed by atoms with van der Waals surface area (Å²) in [5, 5.41) is 1.16. The van der Waals surface area contributed by atoms with Crippen molar-refractivity contribution in [1.82, 2.24) is 6.15 Å². The summed E-state index contributed by atoms with van der Waals surface area (Å²) in [5.41, 5.74) is 0. The van der Waals surface area contributed by atoms with Crippen LogP contribution in [0.5, 0.6) is 0 Å². The summed E-state index contributed by atoms with van der Waals surface area (Å²) in [4.78, 5) is 0. The Bertz CT molecular complexity index is 17.2. The number of rotatable bonds is 2. The Kier molecular flexibility index (Phi) is 35.3. The van der Waals surface area contributed by atoms with Gasteiger partial charge in [0.1, 0.15) is 0 Å². The van der Waals surface area contributed by atoms with Gasteiger partial charge in [0.2, 0.25) is 0 Å². The van der Waals surface area contributed by atoms with Gasteiger partial charge in [-0.1, -0.05) is 29.3 Å². The largest absolute Gasteiger partial charge is 0.344 e. The number of hydrogen-bond acceptors (Lipinski definition) is 1. The normalized spacial score (nSPS) is 6.00. The van der Waals surface area contributed by atoms with Crippen molar-refractivity contribution in [2.45, 2.75) is 19.8 Å². The molecule has 48 valence electrons. The highest BCUT2D eigenvalue weighted by Crippen LogP contribution is 1.89. The van der Waals surface area contributed by atoms with E-state index < -0.39 is 0 Å². The molecule has 0 aliphatic rings. The van der Waals surface area contributed by atoms with Gasteiger partial charge in [0, 0.05) is 5.33 Å². The van der Waals surface area contributed by atoms with E-state index in [1.54, 1.807) is 0 Å². The minimum Gasteiger partial charge on any atom is -0.344 e. The van der Waals surface area contributed by atoms with Crippen molar-refractivity contribution in [2.24, 2.45) is 0 Å². The zero-order valence-corrected chi connectivity index (χ0v) is 7.91. The van der Waals surface area contributed by atoms with Crippen LogP contribution in [0.2, 0.25) is 0 Å². The third-order valence-electron chi connectivity index (χ3n) is 0.487. The summed E-state index contributed by atoms with van der Waals surface area (Å²) < 4.78 is 0. The van der Waals surface area contributed by atoms with E-state index in [0.717, 1.165) is 5.33 Å². The first-order chi connectivity index (χ1) is 2.41. The highest BCUT2D eigenvalue weighted by Gasteiger charge is 1.69. The van der Waals surface area contributed by atoms with Gasteiger partial charge in [-0.25, -0.2) is 0 Å². The average molecular weight is 235 g/mol. The van der Waals surface area contributed by atoms with Crippen LogP contribution in [0.1, 0.15) is 19.8 Å². The van der Waals surface area contributed by atoms with E-state index in [2.05, 4.69) is 22.9 Å². The van der Waals surface area contributed by atoms with Gasteiger partial charge in [0.05, 0.1) is 0 Å². The molecular formula is C4H13Br2N. The third kappa shape index (κ3) is 19.6. The van der Waals surface area contributed by atoms with Crippen LogP contribution in [0.4, 0.5) is 0 Å². The summed E-state index contributed by atoms with van der Waals surface area (Å²) in [6.45, 7) is 2.18. The van der Waals surface area contributed by atoms with Crippen LogP contribution in [0, 0.1) is 0 Å². The van der Waals surface area contributed by atoms with Gasteiger partial charge in [-0.3, -0.25) is 0 Å². The maximum absolute atomic E-state index is 3.31. The van der Waals surface area contributed by atoms with Crippen molar-refractivity contribution < 1.29 is 0 Å². The zero-order chi connectivity index (χ0) is 4.12. The number of unbranched alkanes of at least 4 members (excludes halogenated alkanes) is 1. The lowest BCUT2D eigenvalue weighted by Gasteiger charge is -1.77. The van der Waals surface area contributed by atoms with Crippen LogP contribution in [-0.2, 0) is 0 Å². The van der Waals surface area contributed by atoms with Crippen LogP contribution in [0.15, 0.2) is 0 Å². The summed E-state index contributed by atoms with van der Waals surface area (Å²) in [6, 6.07) is 0. The first-order valence-corrected chi connectivity index (χ1v) is 3.10. The monoisotopic (exact) mass is 233 g/mol. The maximum Gasteiger partial charge on any atom is 0.00312 e. The van der Waals surface area contributed by atoms with E-state index in [1.165, 1.54) is 12.8 Å². The lowest BCUT2D eigenvalue weighted by atomic mass is 10.4. The van der Waals surface area contributed by atoms with Gasteiger partial charge in [-0.05, 0) is 6.42 Å². The van der Waals surface area contributed by atoms with Crippen LogP contribution < -0.4 is 6.15 Å². The van der Waals surface area contributed by atoms with Gasteiger partial charge in [0.25, 0.3) is 0 Å². The van der Waals surface area contributed by atoms with Gasteiger partial charge >= 0.3 is 0 Å². The molecule has 0 spiro atoms. The van der Waals surface area contributed by atoms with Crippen LogP contribution in [-0.4, -0.2) is 5.33 Å². The molecule has 0 bridgehead atoms. The Hall–Kier alpha value is 0.920. The molecule has 0 aromatic carbocycles. The van der Waals surface area contributed by atoms with E-state index in [-0.39, 0.29) is 23.1 Å². The summed E-state index contributed by atoms with van der Waals surface area (Å²) in [7, 11) is 0. The van der Waals surface area contributed by atoms with Crippen LogP contribution in [0.3, 0.4) is 0 Å². The average Bonchev–Trinajstić information content (AvgIpc) is 1.41. The van der Waals surface area contributed by atoms with E-state index in [0.29, 0.717) is 0 Å². The molecule has 0 saturated heterocycles. The standard InChI is InChI=1S/C4H9Br.BrH.H3N/c1-2-3-4-5;;/h2-4H2,1H3;1H;1H3. The molecule has 0 heterocycles. The van der Waals surface area contributed by atoms with Crippen molar-refractivity contribution in [3.05, 3.63) is 0 Å². The highest BCUT2D eigenvalue weighted by molar-refractivity contribution is 9.09. The first-order valence-electron chi connectivity index (χ1n) is 1.97. The number of hydrogen-bond donors (Lipinski definition) is 1. The van der Waals surface area contributed by atoms with Gasteiger partial charge < -0.3 is 6.15 Å². The maximum atomic E-state index is 3.31. The molecule has 0 amide bonds. The topological polar surface area (TPSA) is 35.0 Å². The number of halogens is 2. The van der Waals surface area contributed by atoms with E-state index in [1.807, 2.05) is 0 Å². The van der Waals surface area contributed by atoms with Crippen LogP contribution in [0.25, 0.3) is 0 Å². The molecule has 0 rings (SSSR count). The Balaban J connectivity index is -0.0000000800. The fourth-order valence-electron chi connectivity index (χ4n) is 0.134. The molecular weight excluding hydrogens is 222 g/mol. The predicted molar refractivity (Wildman–Crippen MR) is 44.0 cm³/mol. The molecule has 1 nitrogen and oxygen atoms in total.